The van der Waals surface area contributed by atoms with E-state index in [9.17, 15) is 4.79 Å². The number of nitrogens with one attached hydrogen (secondary N) is 2. The summed E-state index contributed by atoms with van der Waals surface area (Å²) in [4.78, 5) is 26.0. The van der Waals surface area contributed by atoms with E-state index in [0.717, 1.165) is 28.5 Å². The van der Waals surface area contributed by atoms with E-state index < -0.39 is 0 Å². The van der Waals surface area contributed by atoms with E-state index in [1.54, 1.807) is 12.4 Å². The van der Waals surface area contributed by atoms with Crippen LogP contribution in [-0.2, 0) is 4.79 Å². The maximum absolute atomic E-state index is 13.1. The Morgan fingerprint density at radius 3 is 2.43 bits per heavy atom. The average molecular weight is 510 g/mol. The average Bonchev–Trinajstić information content (AvgIpc) is 3.26. The van der Waals surface area contributed by atoms with E-state index in [0.29, 0.717) is 41.9 Å². The van der Waals surface area contributed by atoms with Crippen LogP contribution in [0.4, 0.5) is 17.2 Å². The third-order valence-electron chi connectivity index (χ3n) is 6.17. The number of carbonyl (C=O) groups is 1. The maximum atomic E-state index is 13.1. The third-order valence-corrected chi connectivity index (χ3v) is 6.78. The number of rotatable bonds is 6. The SMILES string of the molecule is CNc1ccc(-c2nc3cnccn3c2NCC(=O)N2CCN(c3c(Cl)cccc3Cl)CC2)cc1. The van der Waals surface area contributed by atoms with Crippen LogP contribution in [0, 0.1) is 0 Å². The van der Waals surface area contributed by atoms with Gasteiger partial charge in [0.15, 0.2) is 5.65 Å². The van der Waals surface area contributed by atoms with Crippen LogP contribution in [0.25, 0.3) is 16.9 Å². The highest BCUT2D eigenvalue weighted by Gasteiger charge is 2.24. The summed E-state index contributed by atoms with van der Waals surface area (Å²) < 4.78 is 1.92. The fourth-order valence-electron chi connectivity index (χ4n) is 4.31. The van der Waals surface area contributed by atoms with Crippen LogP contribution >= 0.6 is 23.2 Å². The molecule has 0 radical (unpaired) electrons. The van der Waals surface area contributed by atoms with Gasteiger partial charge < -0.3 is 20.4 Å². The molecule has 0 aliphatic carbocycles. The van der Waals surface area contributed by atoms with Gasteiger partial charge in [0.2, 0.25) is 5.91 Å². The molecule has 0 bridgehead atoms. The standard InChI is InChI=1S/C25H25Cl2N7O/c1-28-18-7-5-17(6-8-18)23-25(34-10-9-29-15-21(34)31-23)30-16-22(35)32-11-13-33(14-12-32)24-19(26)3-2-4-20(24)27/h2-10,15,28,30H,11-14,16H2,1H3. The molecule has 1 aliphatic rings. The van der Waals surface area contributed by atoms with Crippen LogP contribution in [0.2, 0.25) is 10.0 Å². The predicted molar refractivity (Wildman–Crippen MR) is 142 cm³/mol. The fourth-order valence-corrected chi connectivity index (χ4v) is 4.95. The number of hydrogen-bond acceptors (Lipinski definition) is 6. The highest BCUT2D eigenvalue weighted by atomic mass is 35.5. The van der Waals surface area contributed by atoms with Crippen molar-refractivity contribution in [1.29, 1.82) is 0 Å². The third kappa shape index (κ3) is 4.72. The van der Waals surface area contributed by atoms with Gasteiger partial charge in [-0.1, -0.05) is 41.4 Å². The smallest absolute Gasteiger partial charge is 0.242 e. The lowest BCUT2D eigenvalue weighted by Crippen LogP contribution is -2.50. The van der Waals surface area contributed by atoms with E-state index in [-0.39, 0.29) is 12.5 Å². The Balaban J connectivity index is 1.29. The van der Waals surface area contributed by atoms with Gasteiger partial charge in [0.25, 0.3) is 0 Å². The van der Waals surface area contributed by atoms with Crippen LogP contribution in [0.15, 0.2) is 61.1 Å². The highest BCUT2D eigenvalue weighted by molar-refractivity contribution is 6.39. The molecular formula is C25H25Cl2N7O. The number of piperazine rings is 1. The lowest BCUT2D eigenvalue weighted by atomic mass is 10.1. The summed E-state index contributed by atoms with van der Waals surface area (Å²) in [6.45, 7) is 2.68. The molecule has 0 unspecified atom stereocenters. The van der Waals surface area contributed by atoms with Gasteiger partial charge in [-0.2, -0.15) is 0 Å². The number of hydrogen-bond donors (Lipinski definition) is 2. The second-order valence-corrected chi connectivity index (χ2v) is 9.05. The highest BCUT2D eigenvalue weighted by Crippen LogP contribution is 2.34. The Morgan fingerprint density at radius 2 is 1.74 bits per heavy atom. The first kappa shape index (κ1) is 23.3. The van der Waals surface area contributed by atoms with Crippen molar-refractivity contribution in [2.45, 2.75) is 0 Å². The summed E-state index contributed by atoms with van der Waals surface area (Å²) in [6, 6.07) is 13.5. The first-order valence-corrected chi connectivity index (χ1v) is 12.1. The van der Waals surface area contributed by atoms with Crippen LogP contribution in [0.5, 0.6) is 0 Å². The van der Waals surface area contributed by atoms with Crippen molar-refractivity contribution >= 4 is 51.9 Å². The van der Waals surface area contributed by atoms with Crippen molar-refractivity contribution in [3.8, 4) is 11.3 Å². The van der Waals surface area contributed by atoms with Gasteiger partial charge >= 0.3 is 0 Å². The number of imidazole rings is 1. The number of nitrogens with zero attached hydrogens (tertiary/aromatic N) is 5. The number of amides is 1. The van der Waals surface area contributed by atoms with Gasteiger partial charge in [-0.15, -0.1) is 0 Å². The molecule has 1 saturated heterocycles. The molecule has 3 heterocycles. The molecule has 1 fully saturated rings. The summed E-state index contributed by atoms with van der Waals surface area (Å²) in [5.74, 6) is 0.782. The molecule has 35 heavy (non-hydrogen) atoms. The van der Waals surface area contributed by atoms with E-state index in [2.05, 4.69) is 20.5 Å². The van der Waals surface area contributed by atoms with Crippen LogP contribution < -0.4 is 15.5 Å². The number of fused-ring (bicyclic) bond motifs is 1. The van der Waals surface area contributed by atoms with E-state index in [1.807, 2.05) is 65.0 Å². The van der Waals surface area contributed by atoms with Crippen molar-refractivity contribution in [1.82, 2.24) is 19.3 Å². The number of aromatic nitrogens is 3. The molecule has 2 N–H and O–H groups in total. The molecule has 1 aliphatic heterocycles. The zero-order valence-electron chi connectivity index (χ0n) is 19.2. The number of benzene rings is 2. The largest absolute Gasteiger partial charge is 0.388 e. The Morgan fingerprint density at radius 1 is 1.03 bits per heavy atom. The summed E-state index contributed by atoms with van der Waals surface area (Å²) in [5, 5.41) is 7.70. The van der Waals surface area contributed by atoms with Crippen molar-refractivity contribution in [2.24, 2.45) is 0 Å². The molecule has 0 saturated carbocycles. The molecular weight excluding hydrogens is 485 g/mol. The fraction of sp³-hybridized carbons (Fsp3) is 0.240. The van der Waals surface area contributed by atoms with Crippen molar-refractivity contribution in [3.63, 3.8) is 0 Å². The van der Waals surface area contributed by atoms with Crippen LogP contribution in [-0.4, -0.2) is 64.9 Å². The lowest BCUT2D eigenvalue weighted by Gasteiger charge is -2.37. The Bertz CT molecular complexity index is 1330. The molecule has 2 aromatic heterocycles. The van der Waals surface area contributed by atoms with Crippen LogP contribution in [0.3, 0.4) is 0 Å². The van der Waals surface area contributed by atoms with Gasteiger partial charge in [0.1, 0.15) is 11.5 Å². The molecule has 5 rings (SSSR count). The Kier molecular flexibility index (Phi) is 6.66. The summed E-state index contributed by atoms with van der Waals surface area (Å²) in [6.07, 6.45) is 5.25. The minimum absolute atomic E-state index is 0.0235. The van der Waals surface area contributed by atoms with Crippen molar-refractivity contribution in [3.05, 3.63) is 71.1 Å². The summed E-state index contributed by atoms with van der Waals surface area (Å²) in [5.41, 5.74) is 4.27. The minimum Gasteiger partial charge on any atom is -0.388 e. The van der Waals surface area contributed by atoms with Gasteiger partial charge in [-0.25, -0.2) is 4.98 Å². The molecule has 8 nitrogen and oxygen atoms in total. The van der Waals surface area contributed by atoms with Gasteiger partial charge in [-0.3, -0.25) is 14.2 Å². The molecule has 10 heteroatoms. The summed E-state index contributed by atoms with van der Waals surface area (Å²) >= 11 is 12.7. The van der Waals surface area contributed by atoms with Gasteiger partial charge in [0.05, 0.1) is 28.5 Å². The van der Waals surface area contributed by atoms with Gasteiger partial charge in [0, 0.05) is 56.9 Å². The second kappa shape index (κ2) is 10.0. The van der Waals surface area contributed by atoms with Gasteiger partial charge in [-0.05, 0) is 24.3 Å². The first-order valence-electron chi connectivity index (χ1n) is 11.4. The first-order chi connectivity index (χ1) is 17.0. The predicted octanol–water partition coefficient (Wildman–Crippen LogP) is 4.51. The molecule has 180 valence electrons. The quantitative estimate of drug-likeness (QED) is 0.398. The lowest BCUT2D eigenvalue weighted by molar-refractivity contribution is -0.129. The molecule has 4 aromatic rings. The Hall–Kier alpha value is -3.49. The monoisotopic (exact) mass is 509 g/mol. The minimum atomic E-state index is 0.0235. The Labute approximate surface area is 213 Å². The van der Waals surface area contributed by atoms with Crippen LogP contribution in [0.1, 0.15) is 0 Å². The normalized spacial score (nSPS) is 13.8. The number of para-hydroxylation sites is 1. The number of halogens is 2. The molecule has 0 atom stereocenters. The zero-order valence-corrected chi connectivity index (χ0v) is 20.7. The van der Waals surface area contributed by atoms with Crippen molar-refractivity contribution in [2.75, 3.05) is 55.3 Å². The van der Waals surface area contributed by atoms with Crippen molar-refractivity contribution < 1.29 is 4.79 Å². The van der Waals surface area contributed by atoms with E-state index in [1.165, 1.54) is 0 Å². The maximum Gasteiger partial charge on any atom is 0.242 e. The molecule has 2 aromatic carbocycles. The second-order valence-electron chi connectivity index (χ2n) is 8.23. The van der Waals surface area contributed by atoms with E-state index >= 15 is 0 Å². The molecule has 1 amide bonds. The zero-order chi connectivity index (χ0) is 24.4. The topological polar surface area (TPSA) is 77.8 Å². The summed E-state index contributed by atoms with van der Waals surface area (Å²) in [7, 11) is 1.88. The number of anilines is 3. The number of carbonyl (C=O) groups excluding carboxylic acids is 1. The van der Waals surface area contributed by atoms with E-state index in [4.69, 9.17) is 28.2 Å². The molecule has 0 spiro atoms.